The maximum Gasteiger partial charge on any atom is 0.341 e. The fraction of sp³-hybridized carbons (Fsp3) is 0.500. The van der Waals surface area contributed by atoms with Gasteiger partial charge in [-0.15, -0.1) is 0 Å². The predicted octanol–water partition coefficient (Wildman–Crippen LogP) is 1.59. The second-order valence-electron chi connectivity index (χ2n) is 2.89. The first-order chi connectivity index (χ1) is 8.06. The summed E-state index contributed by atoms with van der Waals surface area (Å²) >= 11 is 0. The van der Waals surface area contributed by atoms with Crippen LogP contribution >= 0.6 is 0 Å². The Bertz CT molecular complexity index is 317. The van der Waals surface area contributed by atoms with Crippen LogP contribution in [0.15, 0.2) is 24.0 Å². The second-order valence-corrected chi connectivity index (χ2v) is 2.89. The van der Waals surface area contributed by atoms with Gasteiger partial charge in [0.05, 0.1) is 31.5 Å². The summed E-state index contributed by atoms with van der Waals surface area (Å²) in [4.78, 5) is 22.6. The van der Waals surface area contributed by atoms with Crippen LogP contribution in [-0.4, -0.2) is 31.8 Å². The van der Waals surface area contributed by atoms with Crippen LogP contribution in [0.25, 0.3) is 0 Å². The van der Waals surface area contributed by atoms with Gasteiger partial charge in [0.25, 0.3) is 0 Å². The lowest BCUT2D eigenvalue weighted by molar-refractivity contribution is -0.138. The number of carbonyl (C=O) groups excluding carboxylic acids is 2. The van der Waals surface area contributed by atoms with Crippen molar-refractivity contribution in [3.63, 3.8) is 0 Å². The van der Waals surface area contributed by atoms with E-state index in [2.05, 4.69) is 6.58 Å². The molecule has 0 aliphatic rings. The van der Waals surface area contributed by atoms with Crippen molar-refractivity contribution in [2.45, 2.75) is 20.8 Å². The molecule has 0 unspecified atom stereocenters. The summed E-state index contributed by atoms with van der Waals surface area (Å²) < 4.78 is 14.6. The summed E-state index contributed by atoms with van der Waals surface area (Å²) in [7, 11) is 0. The third kappa shape index (κ3) is 5.75. The average molecular weight is 242 g/mol. The molecule has 0 rings (SSSR count). The Morgan fingerprint density at radius 1 is 1.00 bits per heavy atom. The van der Waals surface area contributed by atoms with E-state index in [1.54, 1.807) is 20.8 Å². The standard InChI is InChI=1S/C12H18O5/c1-5-15-10(8-11(13)16-6-2)9(4)12(14)17-7-3/h8H,4-7H2,1-3H3. The Morgan fingerprint density at radius 2 is 1.53 bits per heavy atom. The normalized spacial score (nSPS) is 10.6. The summed E-state index contributed by atoms with van der Waals surface area (Å²) in [5.74, 6) is -1.12. The largest absolute Gasteiger partial charge is 0.493 e. The van der Waals surface area contributed by atoms with E-state index in [1.165, 1.54) is 0 Å². The highest BCUT2D eigenvalue weighted by Crippen LogP contribution is 2.12. The quantitative estimate of drug-likeness (QED) is 0.293. The summed E-state index contributed by atoms with van der Waals surface area (Å²) in [5, 5.41) is 0. The van der Waals surface area contributed by atoms with Crippen molar-refractivity contribution < 1.29 is 23.8 Å². The fourth-order valence-electron chi connectivity index (χ4n) is 0.981. The van der Waals surface area contributed by atoms with E-state index < -0.39 is 11.9 Å². The molecule has 0 heterocycles. The maximum atomic E-state index is 11.4. The molecule has 0 aromatic carbocycles. The highest BCUT2D eigenvalue weighted by Gasteiger charge is 2.16. The number of hydrogen-bond acceptors (Lipinski definition) is 5. The minimum Gasteiger partial charge on any atom is -0.493 e. The van der Waals surface area contributed by atoms with E-state index in [0.29, 0.717) is 6.61 Å². The molecule has 0 aromatic heterocycles. The lowest BCUT2D eigenvalue weighted by Crippen LogP contribution is -2.12. The lowest BCUT2D eigenvalue weighted by atomic mass is 10.2. The van der Waals surface area contributed by atoms with Crippen LogP contribution in [0.4, 0.5) is 0 Å². The molecular formula is C12H18O5. The SMILES string of the molecule is C=C(C(=O)OCC)C(=CC(=O)OCC)OCC. The second kappa shape index (κ2) is 8.38. The molecule has 0 aromatic rings. The lowest BCUT2D eigenvalue weighted by Gasteiger charge is -2.10. The van der Waals surface area contributed by atoms with Crippen LogP contribution in [0, 0.1) is 0 Å². The van der Waals surface area contributed by atoms with Crippen molar-refractivity contribution >= 4 is 11.9 Å². The van der Waals surface area contributed by atoms with Gasteiger partial charge in [-0.2, -0.15) is 0 Å². The molecule has 0 saturated heterocycles. The first-order valence-electron chi connectivity index (χ1n) is 5.44. The topological polar surface area (TPSA) is 61.8 Å². The van der Waals surface area contributed by atoms with E-state index in [4.69, 9.17) is 14.2 Å². The van der Waals surface area contributed by atoms with Gasteiger partial charge in [-0.05, 0) is 20.8 Å². The molecule has 0 bridgehead atoms. The van der Waals surface area contributed by atoms with Crippen molar-refractivity contribution in [1.29, 1.82) is 0 Å². The average Bonchev–Trinajstić information content (AvgIpc) is 2.28. The third-order valence-electron chi connectivity index (χ3n) is 1.65. The Morgan fingerprint density at radius 3 is 2.00 bits per heavy atom. The van der Waals surface area contributed by atoms with Gasteiger partial charge in [0.1, 0.15) is 5.76 Å². The summed E-state index contributed by atoms with van der Waals surface area (Å²) in [6.45, 7) is 9.42. The molecule has 0 saturated carbocycles. The Labute approximate surface area is 101 Å². The summed E-state index contributed by atoms with van der Waals surface area (Å²) in [5.41, 5.74) is 0.00162. The van der Waals surface area contributed by atoms with Gasteiger partial charge >= 0.3 is 11.9 Å². The molecule has 0 fully saturated rings. The monoisotopic (exact) mass is 242 g/mol. The molecule has 0 radical (unpaired) electrons. The van der Waals surface area contributed by atoms with Crippen molar-refractivity contribution in [3.8, 4) is 0 Å². The van der Waals surface area contributed by atoms with Gasteiger partial charge in [-0.3, -0.25) is 0 Å². The Hall–Kier alpha value is -1.78. The van der Waals surface area contributed by atoms with Gasteiger partial charge in [0.15, 0.2) is 0 Å². The van der Waals surface area contributed by atoms with Gasteiger partial charge in [-0.1, -0.05) is 6.58 Å². The molecule has 5 nitrogen and oxygen atoms in total. The van der Waals surface area contributed by atoms with Crippen LogP contribution < -0.4 is 0 Å². The van der Waals surface area contributed by atoms with Crippen molar-refractivity contribution in [2.24, 2.45) is 0 Å². The van der Waals surface area contributed by atoms with Crippen molar-refractivity contribution in [1.82, 2.24) is 0 Å². The minimum atomic E-state index is -0.614. The highest BCUT2D eigenvalue weighted by molar-refractivity contribution is 5.94. The number of carbonyl (C=O) groups is 2. The van der Waals surface area contributed by atoms with Crippen LogP contribution in [0.3, 0.4) is 0 Å². The van der Waals surface area contributed by atoms with Crippen molar-refractivity contribution in [2.75, 3.05) is 19.8 Å². The van der Waals surface area contributed by atoms with Crippen LogP contribution in [-0.2, 0) is 23.8 Å². The molecule has 0 aliphatic heterocycles. The first-order valence-corrected chi connectivity index (χ1v) is 5.44. The maximum absolute atomic E-state index is 11.4. The van der Waals surface area contributed by atoms with Crippen LogP contribution in [0.1, 0.15) is 20.8 Å². The first kappa shape index (κ1) is 15.2. The van der Waals surface area contributed by atoms with E-state index in [9.17, 15) is 9.59 Å². The van der Waals surface area contributed by atoms with Gasteiger partial charge in [-0.25, -0.2) is 9.59 Å². The Kier molecular flexibility index (Phi) is 7.50. The number of esters is 2. The smallest absolute Gasteiger partial charge is 0.341 e. The molecular weight excluding hydrogens is 224 g/mol. The molecule has 96 valence electrons. The van der Waals surface area contributed by atoms with Crippen LogP contribution in [0.2, 0.25) is 0 Å². The van der Waals surface area contributed by atoms with E-state index in [-0.39, 0.29) is 24.5 Å². The molecule has 0 amide bonds. The van der Waals surface area contributed by atoms with E-state index in [1.807, 2.05) is 0 Å². The Balaban J connectivity index is 4.77. The molecule has 0 aliphatic carbocycles. The van der Waals surface area contributed by atoms with Gasteiger partial charge < -0.3 is 14.2 Å². The molecule has 0 spiro atoms. The number of ether oxygens (including phenoxy) is 3. The van der Waals surface area contributed by atoms with Crippen LogP contribution in [0.5, 0.6) is 0 Å². The zero-order valence-electron chi connectivity index (χ0n) is 10.4. The summed E-state index contributed by atoms with van der Waals surface area (Å²) in [6, 6.07) is 0. The molecule has 17 heavy (non-hydrogen) atoms. The minimum absolute atomic E-state index is 0.00162. The zero-order valence-corrected chi connectivity index (χ0v) is 10.4. The van der Waals surface area contributed by atoms with Gasteiger partial charge in [0, 0.05) is 0 Å². The summed E-state index contributed by atoms with van der Waals surface area (Å²) in [6.07, 6.45) is 1.09. The third-order valence-corrected chi connectivity index (χ3v) is 1.65. The highest BCUT2D eigenvalue weighted by atomic mass is 16.5. The van der Waals surface area contributed by atoms with Gasteiger partial charge in [0.2, 0.25) is 0 Å². The molecule has 5 heteroatoms. The molecule has 0 N–H and O–H groups in total. The number of hydrogen-bond donors (Lipinski definition) is 0. The van der Waals surface area contributed by atoms with E-state index in [0.717, 1.165) is 6.08 Å². The predicted molar refractivity (Wildman–Crippen MR) is 62.1 cm³/mol. The zero-order chi connectivity index (χ0) is 13.3. The molecule has 0 atom stereocenters. The fourth-order valence-corrected chi connectivity index (χ4v) is 0.981. The van der Waals surface area contributed by atoms with Crippen molar-refractivity contribution in [3.05, 3.63) is 24.0 Å². The number of rotatable bonds is 7. The van der Waals surface area contributed by atoms with E-state index >= 15 is 0 Å².